The highest BCUT2D eigenvalue weighted by Gasteiger charge is 2.37. The average molecular weight is 480 g/mol. The third-order valence-corrected chi connectivity index (χ3v) is 9.74. The Kier molecular flexibility index (Phi) is 9.87. The Labute approximate surface area is 205 Å². The molecular formula is C27H45NO4S. The van der Waals surface area contributed by atoms with Crippen molar-refractivity contribution in [3.05, 3.63) is 11.8 Å². The van der Waals surface area contributed by atoms with Gasteiger partial charge in [-0.3, -0.25) is 4.90 Å². The van der Waals surface area contributed by atoms with Gasteiger partial charge in [0.1, 0.15) is 0 Å². The normalized spacial score (nSPS) is 35.4. The van der Waals surface area contributed by atoms with Crippen LogP contribution in [-0.2, 0) is 19.0 Å². The molecule has 6 heteroatoms. The molecule has 0 bridgehead atoms. The van der Waals surface area contributed by atoms with E-state index < -0.39 is 0 Å². The molecule has 0 aromatic rings. The van der Waals surface area contributed by atoms with E-state index in [2.05, 4.69) is 22.7 Å². The Morgan fingerprint density at radius 1 is 0.970 bits per heavy atom. The molecule has 0 radical (unpaired) electrons. The van der Waals surface area contributed by atoms with Crippen LogP contribution in [0.2, 0.25) is 0 Å². The summed E-state index contributed by atoms with van der Waals surface area (Å²) in [6, 6.07) is 0.802. The van der Waals surface area contributed by atoms with Crippen molar-refractivity contribution in [2.24, 2.45) is 17.8 Å². The van der Waals surface area contributed by atoms with Crippen LogP contribution in [0.25, 0.3) is 0 Å². The Morgan fingerprint density at radius 2 is 1.76 bits per heavy atom. The van der Waals surface area contributed by atoms with E-state index in [1.165, 1.54) is 70.1 Å². The van der Waals surface area contributed by atoms with E-state index in [4.69, 9.17) is 14.2 Å². The number of ether oxygens (including phenoxy) is 3. The highest BCUT2D eigenvalue weighted by molar-refractivity contribution is 8.00. The lowest BCUT2D eigenvalue weighted by Gasteiger charge is -2.44. The lowest BCUT2D eigenvalue weighted by atomic mass is 9.67. The second-order valence-corrected chi connectivity index (χ2v) is 11.7. The van der Waals surface area contributed by atoms with Gasteiger partial charge in [-0.25, -0.2) is 4.79 Å². The van der Waals surface area contributed by atoms with Gasteiger partial charge in [-0.05, 0) is 89.0 Å². The second kappa shape index (κ2) is 12.8. The lowest BCUT2D eigenvalue weighted by Crippen LogP contribution is -2.50. The van der Waals surface area contributed by atoms with Crippen molar-refractivity contribution < 1.29 is 19.0 Å². The van der Waals surface area contributed by atoms with Crippen LogP contribution in [-0.4, -0.2) is 66.9 Å². The average Bonchev–Trinajstić information content (AvgIpc) is 2.84. The van der Waals surface area contributed by atoms with E-state index in [0.29, 0.717) is 31.0 Å². The molecule has 0 N–H and O–H groups in total. The van der Waals surface area contributed by atoms with E-state index in [0.717, 1.165) is 42.7 Å². The summed E-state index contributed by atoms with van der Waals surface area (Å²) in [5.41, 5.74) is 0. The molecule has 1 saturated heterocycles. The molecule has 4 aliphatic rings. The fourth-order valence-electron chi connectivity index (χ4n) is 6.72. The minimum absolute atomic E-state index is 0.314. The Morgan fingerprint density at radius 3 is 2.61 bits per heavy atom. The molecular weight excluding hydrogens is 434 g/mol. The summed E-state index contributed by atoms with van der Waals surface area (Å²) < 4.78 is 17.2. The van der Waals surface area contributed by atoms with Gasteiger partial charge in [0.2, 0.25) is 5.76 Å². The van der Waals surface area contributed by atoms with E-state index in [9.17, 15) is 4.79 Å². The van der Waals surface area contributed by atoms with Gasteiger partial charge in [-0.1, -0.05) is 12.8 Å². The Bertz CT molecular complexity index is 654. The Hall–Kier alpha value is -0.720. The summed E-state index contributed by atoms with van der Waals surface area (Å²) in [4.78, 5) is 14.9. The summed E-state index contributed by atoms with van der Waals surface area (Å²) in [6.45, 7) is 7.91. The molecule has 3 saturated carbocycles. The molecule has 4 fully saturated rings. The minimum atomic E-state index is -0.314. The van der Waals surface area contributed by atoms with Gasteiger partial charge in [0.25, 0.3) is 0 Å². The van der Waals surface area contributed by atoms with Gasteiger partial charge < -0.3 is 14.2 Å². The summed E-state index contributed by atoms with van der Waals surface area (Å²) in [5, 5.41) is 0.874. The maximum Gasteiger partial charge on any atom is 0.373 e. The number of esters is 1. The molecule has 6 unspecified atom stereocenters. The van der Waals surface area contributed by atoms with Crippen LogP contribution in [0.15, 0.2) is 11.8 Å². The minimum Gasteiger partial charge on any atom is -0.487 e. The van der Waals surface area contributed by atoms with Crippen molar-refractivity contribution in [2.45, 2.75) is 95.5 Å². The van der Waals surface area contributed by atoms with Crippen LogP contribution >= 0.6 is 11.8 Å². The first-order valence-corrected chi connectivity index (χ1v) is 14.7. The fourth-order valence-corrected chi connectivity index (χ4v) is 8.23. The zero-order valence-corrected chi connectivity index (χ0v) is 21.7. The van der Waals surface area contributed by atoms with Gasteiger partial charge >= 0.3 is 5.97 Å². The quantitative estimate of drug-likeness (QED) is 0.250. The third-order valence-electron chi connectivity index (χ3n) is 8.35. The molecule has 6 atom stereocenters. The van der Waals surface area contributed by atoms with Crippen molar-refractivity contribution >= 4 is 17.7 Å². The van der Waals surface area contributed by atoms with Crippen LogP contribution < -0.4 is 0 Å². The molecule has 1 aliphatic heterocycles. The van der Waals surface area contributed by atoms with Gasteiger partial charge in [0, 0.05) is 30.1 Å². The van der Waals surface area contributed by atoms with Crippen LogP contribution in [0.5, 0.6) is 0 Å². The third kappa shape index (κ3) is 6.91. The monoisotopic (exact) mass is 479 g/mol. The topological polar surface area (TPSA) is 48.0 Å². The number of hydrogen-bond acceptors (Lipinski definition) is 6. The summed E-state index contributed by atoms with van der Waals surface area (Å²) >= 11 is 2.21. The number of fused-ring (bicyclic) bond motifs is 2. The Balaban J connectivity index is 1.20. The van der Waals surface area contributed by atoms with Gasteiger partial charge in [0.05, 0.1) is 25.9 Å². The second-order valence-electron chi connectivity index (χ2n) is 10.4. The molecule has 3 aliphatic carbocycles. The molecule has 0 aromatic carbocycles. The molecule has 0 aromatic heterocycles. The van der Waals surface area contributed by atoms with Crippen molar-refractivity contribution in [2.75, 3.05) is 38.7 Å². The predicted molar refractivity (Wildman–Crippen MR) is 134 cm³/mol. The molecule has 33 heavy (non-hydrogen) atoms. The van der Waals surface area contributed by atoms with Crippen LogP contribution in [0, 0.1) is 17.8 Å². The van der Waals surface area contributed by atoms with Gasteiger partial charge in [0.15, 0.2) is 0 Å². The predicted octanol–water partition coefficient (Wildman–Crippen LogP) is 5.43. The first-order chi connectivity index (χ1) is 16.2. The van der Waals surface area contributed by atoms with Crippen molar-refractivity contribution in [1.29, 1.82) is 0 Å². The van der Waals surface area contributed by atoms with Gasteiger partial charge in [-0.15, -0.1) is 0 Å². The van der Waals surface area contributed by atoms with E-state index in [1.54, 1.807) is 0 Å². The summed E-state index contributed by atoms with van der Waals surface area (Å²) in [5.74, 6) is 3.36. The van der Waals surface area contributed by atoms with Crippen molar-refractivity contribution in [1.82, 2.24) is 4.90 Å². The van der Waals surface area contributed by atoms with Crippen molar-refractivity contribution in [3.8, 4) is 0 Å². The molecule has 0 amide bonds. The first-order valence-electron chi connectivity index (χ1n) is 13.7. The zero-order chi connectivity index (χ0) is 23.0. The largest absolute Gasteiger partial charge is 0.487 e. The number of allylic oxidation sites excluding steroid dienone is 1. The van der Waals surface area contributed by atoms with Gasteiger partial charge in [-0.2, -0.15) is 11.8 Å². The van der Waals surface area contributed by atoms with Crippen molar-refractivity contribution in [3.63, 3.8) is 0 Å². The highest BCUT2D eigenvalue weighted by atomic mass is 32.2. The molecule has 1 heterocycles. The maximum atomic E-state index is 12.2. The maximum absolute atomic E-state index is 12.2. The van der Waals surface area contributed by atoms with Crippen LogP contribution in [0.1, 0.15) is 78.1 Å². The fraction of sp³-hybridized carbons (Fsp3) is 0.889. The molecule has 5 nitrogen and oxygen atoms in total. The summed E-state index contributed by atoms with van der Waals surface area (Å²) in [6.07, 6.45) is 15.3. The number of carbonyl (C=O) groups excluding carboxylic acids is 1. The lowest BCUT2D eigenvalue weighted by molar-refractivity contribution is -0.142. The smallest absolute Gasteiger partial charge is 0.373 e. The zero-order valence-electron chi connectivity index (χ0n) is 20.8. The van der Waals surface area contributed by atoms with E-state index >= 15 is 0 Å². The molecule has 4 rings (SSSR count). The first kappa shape index (κ1) is 25.4. The number of carbonyl (C=O) groups is 1. The van der Waals surface area contributed by atoms with E-state index in [-0.39, 0.29) is 5.97 Å². The van der Waals surface area contributed by atoms with Crippen LogP contribution in [0.3, 0.4) is 0 Å². The molecule has 188 valence electrons. The number of hydrogen-bond donors (Lipinski definition) is 0. The number of nitrogens with zero attached hydrogens (tertiary/aromatic N) is 1. The number of thioether (sulfide) groups is 1. The highest BCUT2D eigenvalue weighted by Crippen LogP contribution is 2.44. The van der Waals surface area contributed by atoms with E-state index in [1.807, 2.05) is 13.8 Å². The standard InChI is InChI=1S/C27H45NO4S/c1-3-30-25(27(29)31-4-2)18-20-9-10-22-19-23(12-11-21(22)17-20)32-15-13-28-14-16-33-26-8-6-5-7-24(26)28/h18,20-24,26H,3-17,19H2,1-2H3/b25-18-. The SMILES string of the molecule is CCOC(=O)/C(=C/C1CCC2CC(OCCN3CCSC4CCCCC43)CCC2C1)OCC. The summed E-state index contributed by atoms with van der Waals surface area (Å²) in [7, 11) is 0. The van der Waals surface area contributed by atoms with Crippen LogP contribution in [0.4, 0.5) is 0 Å². The molecule has 0 spiro atoms. The number of rotatable bonds is 9.